The fraction of sp³-hybridized carbons (Fsp3) is 0.556. The van der Waals surface area contributed by atoms with Crippen LogP contribution >= 0.6 is 0 Å². The van der Waals surface area contributed by atoms with Crippen LogP contribution in [0.1, 0.15) is 37.0 Å². The van der Waals surface area contributed by atoms with Gasteiger partial charge in [0, 0.05) is 44.5 Å². The molecule has 2 aromatic rings. The maximum Gasteiger partial charge on any atom is 0.0642 e. The molecule has 0 aromatic heterocycles. The van der Waals surface area contributed by atoms with Gasteiger partial charge >= 0.3 is 0 Å². The Balaban J connectivity index is 1.90. The second-order valence-electron chi connectivity index (χ2n) is 9.67. The number of anilines is 1. The smallest absolute Gasteiger partial charge is 0.0642 e. The third kappa shape index (κ3) is 7.34. The lowest BCUT2D eigenvalue weighted by atomic mass is 9.99. The average Bonchev–Trinajstić information content (AvgIpc) is 2.73. The van der Waals surface area contributed by atoms with Gasteiger partial charge in [-0.05, 0) is 50.6 Å². The Morgan fingerprint density at radius 1 is 0.968 bits per heavy atom. The van der Waals surface area contributed by atoms with Gasteiger partial charge in [-0.25, -0.2) is 0 Å². The van der Waals surface area contributed by atoms with E-state index in [0.717, 1.165) is 45.9 Å². The molecule has 31 heavy (non-hydrogen) atoms. The van der Waals surface area contributed by atoms with Crippen molar-refractivity contribution in [2.24, 2.45) is 5.92 Å². The van der Waals surface area contributed by atoms with Crippen molar-refractivity contribution in [3.05, 3.63) is 65.2 Å². The van der Waals surface area contributed by atoms with Gasteiger partial charge in [-0.3, -0.25) is 4.90 Å². The van der Waals surface area contributed by atoms with Crippen molar-refractivity contribution in [2.45, 2.75) is 46.3 Å². The molecule has 1 saturated heterocycles. The molecule has 0 saturated carbocycles. The molecular weight excluding hydrogens is 382 g/mol. The van der Waals surface area contributed by atoms with Crippen LogP contribution < -0.4 is 4.90 Å². The van der Waals surface area contributed by atoms with Gasteiger partial charge in [0.05, 0.1) is 13.2 Å². The van der Waals surface area contributed by atoms with Crippen LogP contribution in [0.3, 0.4) is 0 Å². The highest BCUT2D eigenvalue weighted by Crippen LogP contribution is 2.26. The maximum atomic E-state index is 5.60. The van der Waals surface area contributed by atoms with Crippen LogP contribution in [0.15, 0.2) is 48.5 Å². The van der Waals surface area contributed by atoms with Gasteiger partial charge in [-0.1, -0.05) is 61.9 Å². The van der Waals surface area contributed by atoms with Crippen molar-refractivity contribution >= 4 is 5.69 Å². The normalized spacial score (nSPS) is 15.8. The van der Waals surface area contributed by atoms with E-state index in [-0.39, 0.29) is 0 Å². The van der Waals surface area contributed by atoms with Crippen LogP contribution in [0.25, 0.3) is 0 Å². The first-order chi connectivity index (χ1) is 14.9. The second-order valence-corrected chi connectivity index (χ2v) is 9.67. The number of nitrogens with zero attached hydrogens (tertiary/aromatic N) is 3. The summed E-state index contributed by atoms with van der Waals surface area (Å²) in [5.41, 5.74) is 5.52. The quantitative estimate of drug-likeness (QED) is 0.546. The largest absolute Gasteiger partial charge is 0.378 e. The minimum Gasteiger partial charge on any atom is -0.378 e. The third-order valence-electron chi connectivity index (χ3n) is 6.02. The van der Waals surface area contributed by atoms with Gasteiger partial charge in [0.25, 0.3) is 0 Å². The van der Waals surface area contributed by atoms with Crippen LogP contribution in [0.2, 0.25) is 0 Å². The van der Waals surface area contributed by atoms with E-state index < -0.39 is 0 Å². The lowest BCUT2D eigenvalue weighted by molar-refractivity contribution is 0.120. The lowest BCUT2D eigenvalue weighted by Gasteiger charge is -2.37. The summed E-state index contributed by atoms with van der Waals surface area (Å²) in [7, 11) is 4.39. The summed E-state index contributed by atoms with van der Waals surface area (Å²) in [5.74, 6) is 0.666. The van der Waals surface area contributed by atoms with Crippen molar-refractivity contribution in [1.82, 2.24) is 9.80 Å². The van der Waals surface area contributed by atoms with Crippen LogP contribution in [-0.2, 0) is 17.8 Å². The number of hydrogen-bond donors (Lipinski definition) is 0. The van der Waals surface area contributed by atoms with Crippen LogP contribution in [-0.4, -0.2) is 62.8 Å². The molecule has 1 fully saturated rings. The molecule has 4 heteroatoms. The first kappa shape index (κ1) is 23.8. The standard InChI is InChI=1S/C27H41N3O/c1-22(2)17-26(21-28(4)5)30(19-24-10-8-9-23(3)18-24)20-25-11-6-7-12-27(25)29-13-15-31-16-14-29/h6-12,18,22,26H,13-17,19-21H2,1-5H3/t26-/m0/s1. The predicted molar refractivity (Wildman–Crippen MR) is 132 cm³/mol. The fourth-order valence-corrected chi connectivity index (χ4v) is 4.64. The average molecular weight is 424 g/mol. The van der Waals surface area contributed by atoms with Crippen LogP contribution in [0.4, 0.5) is 5.69 Å². The summed E-state index contributed by atoms with van der Waals surface area (Å²) in [5, 5.41) is 0. The number of likely N-dealkylation sites (N-methyl/N-ethyl adjacent to an activating group) is 1. The van der Waals surface area contributed by atoms with Gasteiger partial charge in [0.15, 0.2) is 0 Å². The fourth-order valence-electron chi connectivity index (χ4n) is 4.64. The highest BCUT2D eigenvalue weighted by molar-refractivity contribution is 5.54. The summed E-state index contributed by atoms with van der Waals surface area (Å²) in [6.07, 6.45) is 1.20. The molecule has 170 valence electrons. The van der Waals surface area contributed by atoms with Crippen molar-refractivity contribution in [3.8, 4) is 0 Å². The molecule has 0 amide bonds. The minimum atomic E-state index is 0.508. The SMILES string of the molecule is Cc1cccc(CN(Cc2ccccc2N2CCOCC2)[C@@H](CC(C)C)CN(C)C)c1. The lowest BCUT2D eigenvalue weighted by Crippen LogP contribution is -2.43. The maximum absolute atomic E-state index is 5.60. The minimum absolute atomic E-state index is 0.508. The Hall–Kier alpha value is -1.88. The number of aryl methyl sites for hydroxylation is 1. The molecule has 2 aromatic carbocycles. The van der Waals surface area contributed by atoms with Crippen LogP contribution in [0, 0.1) is 12.8 Å². The molecule has 0 N–H and O–H groups in total. The van der Waals surface area contributed by atoms with Crippen molar-refractivity contribution in [1.29, 1.82) is 0 Å². The molecular formula is C27H41N3O. The van der Waals surface area contributed by atoms with E-state index in [2.05, 4.69) is 98.1 Å². The number of ether oxygens (including phenoxy) is 1. The van der Waals surface area contributed by atoms with Gasteiger partial charge in [-0.15, -0.1) is 0 Å². The van der Waals surface area contributed by atoms with Gasteiger partial charge in [0.1, 0.15) is 0 Å². The summed E-state index contributed by atoms with van der Waals surface area (Å²) >= 11 is 0. The Kier molecular flexibility index (Phi) is 8.94. The number of hydrogen-bond acceptors (Lipinski definition) is 4. The summed E-state index contributed by atoms with van der Waals surface area (Å²) < 4.78 is 5.60. The zero-order chi connectivity index (χ0) is 22.2. The summed E-state index contributed by atoms with van der Waals surface area (Å²) in [6.45, 7) is 13.5. The molecule has 0 unspecified atom stereocenters. The van der Waals surface area contributed by atoms with E-state index in [0.29, 0.717) is 12.0 Å². The van der Waals surface area contributed by atoms with Gasteiger partial charge < -0.3 is 14.5 Å². The third-order valence-corrected chi connectivity index (χ3v) is 6.02. The number of morpholine rings is 1. The molecule has 1 heterocycles. The molecule has 1 aliphatic rings. The topological polar surface area (TPSA) is 19.0 Å². The molecule has 4 nitrogen and oxygen atoms in total. The zero-order valence-electron chi connectivity index (χ0n) is 20.2. The molecule has 3 rings (SSSR count). The second kappa shape index (κ2) is 11.7. The van der Waals surface area contributed by atoms with E-state index in [1.54, 1.807) is 0 Å². The Morgan fingerprint density at radius 2 is 1.71 bits per heavy atom. The first-order valence-corrected chi connectivity index (χ1v) is 11.8. The van der Waals surface area contributed by atoms with E-state index in [9.17, 15) is 0 Å². The van der Waals surface area contributed by atoms with Crippen molar-refractivity contribution in [2.75, 3.05) is 51.8 Å². The molecule has 1 atom stereocenters. The first-order valence-electron chi connectivity index (χ1n) is 11.8. The highest BCUT2D eigenvalue weighted by atomic mass is 16.5. The monoisotopic (exact) mass is 423 g/mol. The van der Waals surface area contributed by atoms with Gasteiger partial charge in [-0.2, -0.15) is 0 Å². The summed E-state index contributed by atoms with van der Waals surface area (Å²) in [4.78, 5) is 7.53. The van der Waals surface area contributed by atoms with E-state index >= 15 is 0 Å². The Morgan fingerprint density at radius 3 is 2.39 bits per heavy atom. The van der Waals surface area contributed by atoms with E-state index in [1.165, 1.54) is 28.8 Å². The number of rotatable bonds is 10. The molecule has 0 bridgehead atoms. The van der Waals surface area contributed by atoms with E-state index in [4.69, 9.17) is 4.74 Å². The number of benzene rings is 2. The molecule has 0 radical (unpaired) electrons. The Labute approximate surface area is 189 Å². The van der Waals surface area contributed by atoms with E-state index in [1.807, 2.05) is 0 Å². The number of para-hydroxylation sites is 1. The van der Waals surface area contributed by atoms with Gasteiger partial charge in [0.2, 0.25) is 0 Å². The Bertz CT molecular complexity index is 789. The highest BCUT2D eigenvalue weighted by Gasteiger charge is 2.23. The molecule has 1 aliphatic heterocycles. The predicted octanol–water partition coefficient (Wildman–Crippen LogP) is 4.81. The van der Waals surface area contributed by atoms with Crippen molar-refractivity contribution < 1.29 is 4.74 Å². The molecule has 0 aliphatic carbocycles. The summed E-state index contributed by atoms with van der Waals surface area (Å²) in [6, 6.07) is 18.5. The van der Waals surface area contributed by atoms with Crippen LogP contribution in [0.5, 0.6) is 0 Å². The zero-order valence-corrected chi connectivity index (χ0v) is 20.2. The van der Waals surface area contributed by atoms with Crippen molar-refractivity contribution in [3.63, 3.8) is 0 Å². The molecule has 0 spiro atoms.